The van der Waals surface area contributed by atoms with E-state index < -0.39 is 0 Å². The number of carbonyl (C=O) groups excluding carboxylic acids is 1. The third-order valence-corrected chi connectivity index (χ3v) is 4.54. The van der Waals surface area contributed by atoms with Gasteiger partial charge < -0.3 is 9.64 Å². The summed E-state index contributed by atoms with van der Waals surface area (Å²) in [5.41, 5.74) is 1.33. The largest absolute Gasteiger partial charge is 0.446 e. The maximum absolute atomic E-state index is 12.2. The first kappa shape index (κ1) is 13.5. The molecule has 0 bridgehead atoms. The van der Waals surface area contributed by atoms with Crippen molar-refractivity contribution in [3.05, 3.63) is 35.9 Å². The van der Waals surface area contributed by atoms with Crippen LogP contribution < -0.4 is 0 Å². The zero-order valence-electron chi connectivity index (χ0n) is 12.0. The average molecular weight is 273 g/mol. The predicted molar refractivity (Wildman–Crippen MR) is 78.7 cm³/mol. The van der Waals surface area contributed by atoms with Crippen LogP contribution in [0.25, 0.3) is 0 Å². The third-order valence-electron chi connectivity index (χ3n) is 4.54. The number of amides is 1. The highest BCUT2D eigenvalue weighted by molar-refractivity contribution is 5.68. The van der Waals surface area contributed by atoms with Crippen LogP contribution >= 0.6 is 0 Å². The molecule has 0 N–H and O–H groups in total. The Hall–Kier alpha value is -1.51. The van der Waals surface area contributed by atoms with Gasteiger partial charge in [-0.05, 0) is 37.7 Å². The molecule has 1 aliphatic carbocycles. The summed E-state index contributed by atoms with van der Waals surface area (Å²) in [6, 6.07) is 10.5. The summed E-state index contributed by atoms with van der Waals surface area (Å²) in [6.45, 7) is 1.63. The second-order valence-electron chi connectivity index (χ2n) is 5.99. The molecule has 1 amide bonds. The predicted octanol–water partition coefficient (Wildman–Crippen LogP) is 3.95. The SMILES string of the molecule is O=C(OC1CCCCC1)N1CCC(c2ccccc2)C1. The van der Waals surface area contributed by atoms with Gasteiger partial charge >= 0.3 is 6.09 Å². The lowest BCUT2D eigenvalue weighted by atomic mass is 9.98. The molecule has 2 fully saturated rings. The van der Waals surface area contributed by atoms with Gasteiger partial charge in [0.1, 0.15) is 6.10 Å². The second-order valence-corrected chi connectivity index (χ2v) is 5.99. The molecule has 1 atom stereocenters. The Morgan fingerprint density at radius 2 is 1.80 bits per heavy atom. The van der Waals surface area contributed by atoms with Crippen LogP contribution in [-0.4, -0.2) is 30.2 Å². The van der Waals surface area contributed by atoms with E-state index in [0.717, 1.165) is 32.4 Å². The summed E-state index contributed by atoms with van der Waals surface area (Å²) in [7, 11) is 0. The summed E-state index contributed by atoms with van der Waals surface area (Å²) in [5, 5.41) is 0. The number of carbonyl (C=O) groups is 1. The van der Waals surface area contributed by atoms with Crippen molar-refractivity contribution >= 4 is 6.09 Å². The highest BCUT2D eigenvalue weighted by atomic mass is 16.6. The van der Waals surface area contributed by atoms with E-state index in [0.29, 0.717) is 5.92 Å². The van der Waals surface area contributed by atoms with Crippen molar-refractivity contribution in [1.82, 2.24) is 4.90 Å². The lowest BCUT2D eigenvalue weighted by Crippen LogP contribution is -2.33. The molecular weight excluding hydrogens is 250 g/mol. The lowest BCUT2D eigenvalue weighted by molar-refractivity contribution is 0.0505. The molecule has 0 aromatic heterocycles. The molecule has 3 heteroatoms. The molecule has 1 aliphatic heterocycles. The summed E-state index contributed by atoms with van der Waals surface area (Å²) in [6.07, 6.45) is 6.87. The molecule has 108 valence electrons. The van der Waals surface area contributed by atoms with E-state index in [9.17, 15) is 4.79 Å². The Balaban J connectivity index is 1.53. The molecule has 1 unspecified atom stereocenters. The van der Waals surface area contributed by atoms with E-state index in [1.165, 1.54) is 24.8 Å². The van der Waals surface area contributed by atoms with E-state index in [-0.39, 0.29) is 12.2 Å². The van der Waals surface area contributed by atoms with E-state index in [1.807, 2.05) is 11.0 Å². The maximum atomic E-state index is 12.2. The Morgan fingerprint density at radius 3 is 2.55 bits per heavy atom. The van der Waals surface area contributed by atoms with Crippen LogP contribution in [0.4, 0.5) is 4.79 Å². The van der Waals surface area contributed by atoms with Crippen LogP contribution in [0.3, 0.4) is 0 Å². The fourth-order valence-electron chi connectivity index (χ4n) is 3.32. The quantitative estimate of drug-likeness (QED) is 0.816. The van der Waals surface area contributed by atoms with Crippen molar-refractivity contribution in [2.24, 2.45) is 0 Å². The monoisotopic (exact) mass is 273 g/mol. The van der Waals surface area contributed by atoms with Gasteiger partial charge in [-0.2, -0.15) is 0 Å². The first-order chi connectivity index (χ1) is 9.83. The minimum atomic E-state index is -0.102. The molecule has 20 heavy (non-hydrogen) atoms. The van der Waals surface area contributed by atoms with E-state index >= 15 is 0 Å². The van der Waals surface area contributed by atoms with Crippen LogP contribution in [0.2, 0.25) is 0 Å². The Bertz CT molecular complexity index is 440. The Kier molecular flexibility index (Phi) is 4.24. The number of benzene rings is 1. The van der Waals surface area contributed by atoms with Crippen molar-refractivity contribution in [3.8, 4) is 0 Å². The maximum Gasteiger partial charge on any atom is 0.410 e. The average Bonchev–Trinajstić information content (AvgIpc) is 2.99. The van der Waals surface area contributed by atoms with E-state index in [4.69, 9.17) is 4.74 Å². The summed E-state index contributed by atoms with van der Waals surface area (Å²) < 4.78 is 5.65. The molecule has 2 aliphatic rings. The number of hydrogen-bond donors (Lipinski definition) is 0. The van der Waals surface area contributed by atoms with Crippen LogP contribution in [-0.2, 0) is 4.74 Å². The number of likely N-dealkylation sites (tertiary alicyclic amines) is 1. The van der Waals surface area contributed by atoms with Gasteiger partial charge in [0.05, 0.1) is 0 Å². The van der Waals surface area contributed by atoms with Crippen LogP contribution in [0.15, 0.2) is 30.3 Å². The highest BCUT2D eigenvalue weighted by Crippen LogP contribution is 2.28. The standard InChI is InChI=1S/C17H23NO2/c19-17(20-16-9-5-2-6-10-16)18-12-11-15(13-18)14-7-3-1-4-8-14/h1,3-4,7-8,15-16H,2,5-6,9-13H2. The third kappa shape index (κ3) is 3.14. The van der Waals surface area contributed by atoms with Gasteiger partial charge in [-0.25, -0.2) is 4.79 Å². The molecule has 3 nitrogen and oxygen atoms in total. The van der Waals surface area contributed by atoms with Crippen molar-refractivity contribution < 1.29 is 9.53 Å². The molecule has 0 radical (unpaired) electrons. The van der Waals surface area contributed by atoms with Gasteiger partial charge in [0.25, 0.3) is 0 Å². The van der Waals surface area contributed by atoms with Crippen molar-refractivity contribution in [2.75, 3.05) is 13.1 Å². The zero-order valence-corrected chi connectivity index (χ0v) is 12.0. The summed E-state index contributed by atoms with van der Waals surface area (Å²) in [5.74, 6) is 0.468. The molecule has 3 rings (SSSR count). The number of rotatable bonds is 2. The van der Waals surface area contributed by atoms with Crippen LogP contribution in [0.5, 0.6) is 0 Å². The topological polar surface area (TPSA) is 29.5 Å². The molecular formula is C17H23NO2. The van der Waals surface area contributed by atoms with Crippen molar-refractivity contribution in [2.45, 2.75) is 50.5 Å². The minimum absolute atomic E-state index is 0.102. The Morgan fingerprint density at radius 1 is 1.05 bits per heavy atom. The number of nitrogens with zero attached hydrogens (tertiary/aromatic N) is 1. The van der Waals surface area contributed by atoms with Gasteiger partial charge in [0.15, 0.2) is 0 Å². The molecule has 1 heterocycles. The van der Waals surface area contributed by atoms with Crippen LogP contribution in [0.1, 0.15) is 50.0 Å². The number of hydrogen-bond acceptors (Lipinski definition) is 2. The molecule has 0 spiro atoms. The molecule has 1 saturated heterocycles. The van der Waals surface area contributed by atoms with Crippen LogP contribution in [0, 0.1) is 0 Å². The van der Waals surface area contributed by atoms with E-state index in [1.54, 1.807) is 0 Å². The zero-order chi connectivity index (χ0) is 13.8. The fourth-order valence-corrected chi connectivity index (χ4v) is 3.32. The smallest absolute Gasteiger partial charge is 0.410 e. The second kappa shape index (κ2) is 6.29. The van der Waals surface area contributed by atoms with Gasteiger partial charge in [0.2, 0.25) is 0 Å². The van der Waals surface area contributed by atoms with Gasteiger partial charge in [-0.15, -0.1) is 0 Å². The molecule has 1 aromatic rings. The van der Waals surface area contributed by atoms with E-state index in [2.05, 4.69) is 24.3 Å². The molecule has 1 aromatic carbocycles. The van der Waals surface area contributed by atoms with Gasteiger partial charge in [0, 0.05) is 19.0 Å². The lowest BCUT2D eigenvalue weighted by Gasteiger charge is -2.25. The first-order valence-corrected chi connectivity index (χ1v) is 7.83. The Labute approximate surface area is 120 Å². The summed E-state index contributed by atoms with van der Waals surface area (Å²) in [4.78, 5) is 14.1. The first-order valence-electron chi connectivity index (χ1n) is 7.83. The fraction of sp³-hybridized carbons (Fsp3) is 0.588. The number of ether oxygens (including phenoxy) is 1. The normalized spacial score (nSPS) is 23.8. The highest BCUT2D eigenvalue weighted by Gasteiger charge is 2.29. The van der Waals surface area contributed by atoms with Gasteiger partial charge in [-0.1, -0.05) is 36.8 Å². The summed E-state index contributed by atoms with van der Waals surface area (Å²) >= 11 is 0. The minimum Gasteiger partial charge on any atom is -0.446 e. The van der Waals surface area contributed by atoms with Crippen molar-refractivity contribution in [1.29, 1.82) is 0 Å². The van der Waals surface area contributed by atoms with Gasteiger partial charge in [-0.3, -0.25) is 0 Å². The molecule has 1 saturated carbocycles. The van der Waals surface area contributed by atoms with Crippen molar-refractivity contribution in [3.63, 3.8) is 0 Å².